The summed E-state index contributed by atoms with van der Waals surface area (Å²) < 4.78 is 35.4. The lowest BCUT2D eigenvalue weighted by Crippen LogP contribution is -2.11. The molecular weight excluding hydrogens is 265 g/mol. The van der Waals surface area contributed by atoms with Gasteiger partial charge in [0, 0.05) is 12.3 Å². The van der Waals surface area contributed by atoms with Crippen LogP contribution in [0.15, 0.2) is 6.33 Å². The van der Waals surface area contributed by atoms with Gasteiger partial charge in [0.1, 0.15) is 12.0 Å². The van der Waals surface area contributed by atoms with Crippen molar-refractivity contribution in [1.29, 1.82) is 0 Å². The first kappa shape index (κ1) is 13.2. The van der Waals surface area contributed by atoms with E-state index in [9.17, 15) is 13.2 Å². The van der Waals surface area contributed by atoms with Crippen molar-refractivity contribution in [2.45, 2.75) is 5.51 Å². The Hall–Kier alpha value is -0.890. The topological polar surface area (TPSA) is 63.8 Å². The van der Waals surface area contributed by atoms with Gasteiger partial charge < -0.3 is 11.1 Å². The number of anilines is 2. The first-order chi connectivity index (χ1) is 7.40. The average molecular weight is 273 g/mol. The third-order valence-corrected chi connectivity index (χ3v) is 2.53. The maximum Gasteiger partial charge on any atom is 0.441 e. The molecule has 1 rings (SSSR count). The largest absolute Gasteiger partial charge is 0.441 e. The molecule has 0 saturated carbocycles. The predicted molar refractivity (Wildman–Crippen MR) is 58.5 cm³/mol. The number of nitrogens with two attached hydrogens (primary N) is 1. The van der Waals surface area contributed by atoms with Crippen LogP contribution in [0.25, 0.3) is 0 Å². The summed E-state index contributed by atoms with van der Waals surface area (Å²) in [5.74, 6) is 0.104. The van der Waals surface area contributed by atoms with Crippen molar-refractivity contribution in [3.8, 4) is 0 Å². The molecule has 90 valence electrons. The van der Waals surface area contributed by atoms with Crippen molar-refractivity contribution in [3.63, 3.8) is 0 Å². The molecule has 0 bridgehead atoms. The molecule has 0 aliphatic heterocycles. The van der Waals surface area contributed by atoms with Crippen LogP contribution in [0.2, 0.25) is 5.15 Å². The Labute approximate surface area is 98.8 Å². The second-order valence-corrected chi connectivity index (χ2v) is 4.17. The van der Waals surface area contributed by atoms with E-state index in [1.165, 1.54) is 6.33 Å². The Kier molecular flexibility index (Phi) is 4.48. The van der Waals surface area contributed by atoms with E-state index in [0.717, 1.165) is 0 Å². The van der Waals surface area contributed by atoms with Crippen molar-refractivity contribution in [2.75, 3.05) is 23.3 Å². The number of nitrogen functional groups attached to an aromatic ring is 1. The number of hydrogen-bond donors (Lipinski definition) is 2. The molecule has 0 fully saturated rings. The second kappa shape index (κ2) is 5.44. The van der Waals surface area contributed by atoms with Crippen molar-refractivity contribution in [1.82, 2.24) is 9.97 Å². The molecule has 0 atom stereocenters. The molecule has 0 spiro atoms. The fraction of sp³-hybridized carbons (Fsp3) is 0.429. The molecule has 1 aromatic heterocycles. The smallest absolute Gasteiger partial charge is 0.393 e. The molecule has 0 amide bonds. The summed E-state index contributed by atoms with van der Waals surface area (Å²) in [4.78, 5) is 7.36. The lowest BCUT2D eigenvalue weighted by atomic mass is 10.5. The molecule has 0 aliphatic rings. The molecule has 1 heterocycles. The van der Waals surface area contributed by atoms with Crippen LogP contribution in [0.1, 0.15) is 0 Å². The summed E-state index contributed by atoms with van der Waals surface area (Å²) >= 11 is 5.48. The molecule has 0 aromatic carbocycles. The standard InChI is InChI=1S/C7H8ClF3N4S/c8-5-4(12)6(15-3-14-5)13-1-2-16-7(9,10)11/h3H,1-2,12H2,(H,13,14,15). The summed E-state index contributed by atoms with van der Waals surface area (Å²) in [6.07, 6.45) is 1.18. The van der Waals surface area contributed by atoms with Crippen LogP contribution in [0.4, 0.5) is 24.7 Å². The highest BCUT2D eigenvalue weighted by molar-refractivity contribution is 8.00. The maximum absolute atomic E-state index is 11.8. The van der Waals surface area contributed by atoms with E-state index >= 15 is 0 Å². The lowest BCUT2D eigenvalue weighted by Gasteiger charge is -2.09. The van der Waals surface area contributed by atoms with Crippen LogP contribution in [0.5, 0.6) is 0 Å². The minimum atomic E-state index is -4.23. The van der Waals surface area contributed by atoms with Gasteiger partial charge in [0.25, 0.3) is 0 Å². The number of alkyl halides is 3. The maximum atomic E-state index is 11.8. The molecule has 3 N–H and O–H groups in total. The van der Waals surface area contributed by atoms with Crippen LogP contribution < -0.4 is 11.1 Å². The normalized spacial score (nSPS) is 11.5. The van der Waals surface area contributed by atoms with Crippen LogP contribution >= 0.6 is 23.4 Å². The van der Waals surface area contributed by atoms with E-state index in [0.29, 0.717) is 0 Å². The SMILES string of the molecule is Nc1c(Cl)ncnc1NCCSC(F)(F)F. The van der Waals surface area contributed by atoms with Gasteiger partial charge in [-0.1, -0.05) is 11.6 Å². The van der Waals surface area contributed by atoms with Crippen LogP contribution in [-0.4, -0.2) is 27.8 Å². The van der Waals surface area contributed by atoms with Crippen LogP contribution in [-0.2, 0) is 0 Å². The van der Waals surface area contributed by atoms with E-state index in [-0.39, 0.29) is 40.7 Å². The summed E-state index contributed by atoms with van der Waals surface area (Å²) in [5, 5.41) is 2.72. The predicted octanol–water partition coefficient (Wildman–Crippen LogP) is 2.38. The highest BCUT2D eigenvalue weighted by Gasteiger charge is 2.27. The Morgan fingerprint density at radius 2 is 2.12 bits per heavy atom. The number of halogens is 4. The molecule has 0 unspecified atom stereocenters. The summed E-state index contributed by atoms with van der Waals surface area (Å²) in [6, 6.07) is 0. The van der Waals surface area contributed by atoms with E-state index < -0.39 is 5.51 Å². The Morgan fingerprint density at radius 1 is 1.44 bits per heavy atom. The Bertz CT molecular complexity index is 360. The summed E-state index contributed by atoms with van der Waals surface area (Å²) in [5.41, 5.74) is 1.40. The van der Waals surface area contributed by atoms with Crippen molar-refractivity contribution < 1.29 is 13.2 Å². The molecule has 9 heteroatoms. The van der Waals surface area contributed by atoms with E-state index in [2.05, 4.69) is 15.3 Å². The number of thioether (sulfide) groups is 1. The Balaban J connectivity index is 2.41. The zero-order valence-electron chi connectivity index (χ0n) is 7.88. The van der Waals surface area contributed by atoms with Gasteiger partial charge in [-0.25, -0.2) is 9.97 Å². The van der Waals surface area contributed by atoms with Gasteiger partial charge in [0.05, 0.1) is 0 Å². The van der Waals surface area contributed by atoms with Crippen LogP contribution in [0.3, 0.4) is 0 Å². The van der Waals surface area contributed by atoms with Gasteiger partial charge in [0.15, 0.2) is 11.0 Å². The molecule has 1 aromatic rings. The second-order valence-electron chi connectivity index (χ2n) is 2.65. The lowest BCUT2D eigenvalue weighted by molar-refractivity contribution is -0.0327. The minimum Gasteiger partial charge on any atom is -0.393 e. The van der Waals surface area contributed by atoms with E-state index in [1.807, 2.05) is 0 Å². The van der Waals surface area contributed by atoms with Gasteiger partial charge in [-0.15, -0.1) is 0 Å². The van der Waals surface area contributed by atoms with Gasteiger partial charge in [-0.3, -0.25) is 0 Å². The molecule has 0 radical (unpaired) electrons. The third kappa shape index (κ3) is 4.31. The summed E-state index contributed by atoms with van der Waals surface area (Å²) in [6.45, 7) is 0.0850. The number of nitrogens with one attached hydrogen (secondary N) is 1. The number of aromatic nitrogens is 2. The highest BCUT2D eigenvalue weighted by atomic mass is 35.5. The van der Waals surface area contributed by atoms with Crippen molar-refractivity contribution >= 4 is 34.9 Å². The number of hydrogen-bond acceptors (Lipinski definition) is 5. The van der Waals surface area contributed by atoms with Crippen molar-refractivity contribution in [2.24, 2.45) is 0 Å². The molecule has 4 nitrogen and oxygen atoms in total. The number of rotatable bonds is 4. The average Bonchev–Trinajstić information content (AvgIpc) is 2.17. The van der Waals surface area contributed by atoms with Gasteiger partial charge in [-0.2, -0.15) is 13.2 Å². The fourth-order valence-corrected chi connectivity index (χ4v) is 1.42. The van der Waals surface area contributed by atoms with Crippen LogP contribution in [0, 0.1) is 0 Å². The monoisotopic (exact) mass is 272 g/mol. The highest BCUT2D eigenvalue weighted by Crippen LogP contribution is 2.30. The Morgan fingerprint density at radius 3 is 2.75 bits per heavy atom. The van der Waals surface area contributed by atoms with Crippen molar-refractivity contribution in [3.05, 3.63) is 11.5 Å². The van der Waals surface area contributed by atoms with E-state index in [4.69, 9.17) is 17.3 Å². The minimum absolute atomic E-state index is 0.0703. The molecular formula is C7H8ClF3N4S. The fourth-order valence-electron chi connectivity index (χ4n) is 0.851. The van der Waals surface area contributed by atoms with Gasteiger partial charge in [0.2, 0.25) is 0 Å². The molecule has 0 saturated heterocycles. The van der Waals surface area contributed by atoms with Gasteiger partial charge in [-0.05, 0) is 11.8 Å². The third-order valence-electron chi connectivity index (χ3n) is 1.50. The molecule has 0 aliphatic carbocycles. The zero-order chi connectivity index (χ0) is 12.2. The van der Waals surface area contributed by atoms with Gasteiger partial charge >= 0.3 is 5.51 Å². The zero-order valence-corrected chi connectivity index (χ0v) is 9.46. The molecule has 16 heavy (non-hydrogen) atoms. The summed E-state index contributed by atoms with van der Waals surface area (Å²) in [7, 11) is 0. The number of nitrogens with zero attached hydrogens (tertiary/aromatic N) is 2. The van der Waals surface area contributed by atoms with E-state index in [1.54, 1.807) is 0 Å². The quantitative estimate of drug-likeness (QED) is 0.651. The first-order valence-electron chi connectivity index (χ1n) is 4.10. The first-order valence-corrected chi connectivity index (χ1v) is 5.47.